The van der Waals surface area contributed by atoms with Gasteiger partial charge in [0.1, 0.15) is 0 Å². The minimum atomic E-state index is -3.44. The van der Waals surface area contributed by atoms with Crippen LogP contribution >= 0.6 is 0 Å². The highest BCUT2D eigenvalue weighted by molar-refractivity contribution is 7.88. The molecule has 0 aromatic heterocycles. The molecule has 0 aliphatic carbocycles. The minimum Gasteiger partial charge on any atom is -0.454 e. The second-order valence-corrected chi connectivity index (χ2v) is 8.01. The lowest BCUT2D eigenvalue weighted by Gasteiger charge is -2.28. The number of amides is 1. The number of morpholine rings is 1. The number of ether oxygens (including phenoxy) is 3. The predicted molar refractivity (Wildman–Crippen MR) is 89.8 cm³/mol. The van der Waals surface area contributed by atoms with E-state index in [1.807, 2.05) is 0 Å². The third-order valence-corrected chi connectivity index (χ3v) is 5.45. The number of rotatable bonds is 6. The van der Waals surface area contributed by atoms with Crippen molar-refractivity contribution < 1.29 is 27.4 Å². The summed E-state index contributed by atoms with van der Waals surface area (Å²) < 4.78 is 41.3. The van der Waals surface area contributed by atoms with Gasteiger partial charge >= 0.3 is 0 Å². The van der Waals surface area contributed by atoms with Gasteiger partial charge in [0, 0.05) is 32.6 Å². The Kier molecular flexibility index (Phi) is 5.45. The van der Waals surface area contributed by atoms with Crippen LogP contribution in [0.15, 0.2) is 18.2 Å². The first-order valence-electron chi connectivity index (χ1n) is 8.12. The Morgan fingerprint density at radius 1 is 1.20 bits per heavy atom. The molecule has 1 saturated heterocycles. The molecule has 3 rings (SSSR count). The Morgan fingerprint density at radius 3 is 2.64 bits per heavy atom. The molecule has 0 spiro atoms. The Morgan fingerprint density at radius 2 is 1.92 bits per heavy atom. The molecule has 1 aromatic rings. The normalized spacial score (nSPS) is 17.1. The highest BCUT2D eigenvalue weighted by Crippen LogP contribution is 2.33. The lowest BCUT2D eigenvalue weighted by Crippen LogP contribution is -2.42. The van der Waals surface area contributed by atoms with Crippen LogP contribution in [-0.2, 0) is 26.1 Å². The van der Waals surface area contributed by atoms with E-state index in [-0.39, 0.29) is 32.2 Å². The third kappa shape index (κ3) is 4.62. The van der Waals surface area contributed by atoms with Gasteiger partial charge in [-0.15, -0.1) is 0 Å². The fourth-order valence-corrected chi connectivity index (χ4v) is 3.60. The van der Waals surface area contributed by atoms with Gasteiger partial charge in [-0.2, -0.15) is 4.31 Å². The molecule has 0 radical (unpaired) electrons. The van der Waals surface area contributed by atoms with Crippen molar-refractivity contribution >= 4 is 15.9 Å². The maximum absolute atomic E-state index is 12.2. The predicted octanol–water partition coefficient (Wildman–Crippen LogP) is 0.426. The number of fused-ring (bicyclic) bond motifs is 1. The van der Waals surface area contributed by atoms with Crippen molar-refractivity contribution in [3.05, 3.63) is 23.8 Å². The van der Waals surface area contributed by atoms with Crippen molar-refractivity contribution in [2.75, 3.05) is 45.9 Å². The first kappa shape index (κ1) is 18.0. The van der Waals surface area contributed by atoms with Gasteiger partial charge in [0.05, 0.1) is 19.5 Å². The summed E-state index contributed by atoms with van der Waals surface area (Å²) in [4.78, 5) is 14.0. The second kappa shape index (κ2) is 7.59. The van der Waals surface area contributed by atoms with Crippen LogP contribution in [0.2, 0.25) is 0 Å². The molecule has 2 aliphatic heterocycles. The monoisotopic (exact) mass is 370 g/mol. The van der Waals surface area contributed by atoms with Crippen LogP contribution in [0.5, 0.6) is 11.5 Å². The first-order valence-corrected chi connectivity index (χ1v) is 9.97. The average molecular weight is 370 g/mol. The molecule has 0 atom stereocenters. The molecule has 0 N–H and O–H groups in total. The van der Waals surface area contributed by atoms with Crippen LogP contribution in [0.1, 0.15) is 12.0 Å². The summed E-state index contributed by atoms with van der Waals surface area (Å²) >= 11 is 0. The summed E-state index contributed by atoms with van der Waals surface area (Å²) in [6.45, 7) is 2.66. The smallest absolute Gasteiger partial charge is 0.231 e. The number of hydrogen-bond acceptors (Lipinski definition) is 6. The maximum Gasteiger partial charge on any atom is 0.231 e. The Bertz CT molecular complexity index is 730. The minimum absolute atomic E-state index is 0.0531. The molecule has 0 saturated carbocycles. The van der Waals surface area contributed by atoms with Crippen LogP contribution < -0.4 is 9.47 Å². The zero-order valence-corrected chi connectivity index (χ0v) is 15.0. The molecule has 0 bridgehead atoms. The van der Waals surface area contributed by atoms with Crippen LogP contribution in [0.4, 0.5) is 0 Å². The molecule has 2 aliphatic rings. The van der Waals surface area contributed by atoms with Crippen molar-refractivity contribution in [1.82, 2.24) is 9.21 Å². The molecular formula is C16H22N2O6S. The van der Waals surface area contributed by atoms with Crippen molar-refractivity contribution in [3.8, 4) is 11.5 Å². The lowest BCUT2D eigenvalue weighted by atomic mass is 10.2. The van der Waals surface area contributed by atoms with Crippen molar-refractivity contribution in [2.45, 2.75) is 13.0 Å². The van der Waals surface area contributed by atoms with E-state index in [1.165, 1.54) is 4.31 Å². The summed E-state index contributed by atoms with van der Waals surface area (Å²) in [5.74, 6) is 1.20. The van der Waals surface area contributed by atoms with E-state index < -0.39 is 10.0 Å². The molecule has 8 nitrogen and oxygen atoms in total. The van der Waals surface area contributed by atoms with E-state index >= 15 is 0 Å². The number of nitrogens with zero attached hydrogens (tertiary/aromatic N) is 2. The van der Waals surface area contributed by atoms with E-state index in [4.69, 9.17) is 14.2 Å². The topological polar surface area (TPSA) is 85.4 Å². The fourth-order valence-electron chi connectivity index (χ4n) is 2.80. The van der Waals surface area contributed by atoms with Crippen molar-refractivity contribution in [1.29, 1.82) is 0 Å². The zero-order chi connectivity index (χ0) is 17.9. The second-order valence-electron chi connectivity index (χ2n) is 6.03. The van der Waals surface area contributed by atoms with E-state index in [0.29, 0.717) is 37.8 Å². The SMILES string of the molecule is CS(=O)(=O)N(CCC(=O)N1CCOCC1)Cc1ccc2c(c1)OCO2. The highest BCUT2D eigenvalue weighted by atomic mass is 32.2. The van der Waals surface area contributed by atoms with Crippen molar-refractivity contribution in [2.24, 2.45) is 0 Å². The highest BCUT2D eigenvalue weighted by Gasteiger charge is 2.23. The zero-order valence-electron chi connectivity index (χ0n) is 14.1. The van der Waals surface area contributed by atoms with Crippen LogP contribution in [0, 0.1) is 0 Å². The molecular weight excluding hydrogens is 348 g/mol. The molecule has 9 heteroatoms. The van der Waals surface area contributed by atoms with Gasteiger partial charge in [0.25, 0.3) is 0 Å². The average Bonchev–Trinajstić information content (AvgIpc) is 3.05. The van der Waals surface area contributed by atoms with Crippen LogP contribution in [0.25, 0.3) is 0 Å². The number of benzene rings is 1. The Balaban J connectivity index is 1.63. The number of sulfonamides is 1. The fraction of sp³-hybridized carbons (Fsp3) is 0.562. The molecule has 138 valence electrons. The van der Waals surface area contributed by atoms with E-state index in [1.54, 1.807) is 23.1 Å². The van der Waals surface area contributed by atoms with E-state index in [2.05, 4.69) is 0 Å². The summed E-state index contributed by atoms with van der Waals surface area (Å²) in [6, 6.07) is 5.33. The van der Waals surface area contributed by atoms with Crippen LogP contribution in [-0.4, -0.2) is 69.4 Å². The number of carbonyl (C=O) groups is 1. The van der Waals surface area contributed by atoms with Gasteiger partial charge in [0.2, 0.25) is 22.7 Å². The van der Waals surface area contributed by atoms with E-state index in [9.17, 15) is 13.2 Å². The summed E-state index contributed by atoms with van der Waals surface area (Å²) in [7, 11) is -3.44. The quantitative estimate of drug-likeness (QED) is 0.722. The van der Waals surface area contributed by atoms with Gasteiger partial charge in [-0.1, -0.05) is 6.07 Å². The number of carbonyl (C=O) groups excluding carboxylic acids is 1. The molecule has 25 heavy (non-hydrogen) atoms. The molecule has 2 heterocycles. The van der Waals surface area contributed by atoms with Gasteiger partial charge in [-0.25, -0.2) is 8.42 Å². The van der Waals surface area contributed by atoms with E-state index in [0.717, 1.165) is 11.8 Å². The summed E-state index contributed by atoms with van der Waals surface area (Å²) in [5, 5.41) is 0. The van der Waals surface area contributed by atoms with Gasteiger partial charge in [-0.05, 0) is 17.7 Å². The molecule has 1 amide bonds. The Labute approximate surface area is 147 Å². The largest absolute Gasteiger partial charge is 0.454 e. The van der Waals surface area contributed by atoms with Crippen molar-refractivity contribution in [3.63, 3.8) is 0 Å². The standard InChI is InChI=1S/C16H22N2O6S/c1-25(20,21)18(5-4-16(19)17-6-8-22-9-7-17)11-13-2-3-14-15(10-13)24-12-23-14/h2-3,10H,4-9,11-12H2,1H3. The van der Waals surface area contributed by atoms with Gasteiger partial charge < -0.3 is 19.1 Å². The molecule has 0 unspecified atom stereocenters. The summed E-state index contributed by atoms with van der Waals surface area (Å²) in [6.07, 6.45) is 1.30. The first-order chi connectivity index (χ1) is 11.9. The van der Waals surface area contributed by atoms with Crippen LogP contribution in [0.3, 0.4) is 0 Å². The van der Waals surface area contributed by atoms with Gasteiger partial charge in [-0.3, -0.25) is 4.79 Å². The third-order valence-electron chi connectivity index (χ3n) is 4.20. The van der Waals surface area contributed by atoms with Gasteiger partial charge in [0.15, 0.2) is 11.5 Å². The lowest BCUT2D eigenvalue weighted by molar-refractivity contribution is -0.135. The summed E-state index contributed by atoms with van der Waals surface area (Å²) in [5.41, 5.74) is 0.786. The Hall–Kier alpha value is -1.84. The maximum atomic E-state index is 12.2. The molecule has 1 fully saturated rings. The molecule has 1 aromatic carbocycles. The number of hydrogen-bond donors (Lipinski definition) is 0.